The van der Waals surface area contributed by atoms with Gasteiger partial charge in [-0.3, -0.25) is 4.79 Å². The summed E-state index contributed by atoms with van der Waals surface area (Å²) in [5, 5.41) is 6.28. The molecule has 2 aromatic carbocycles. The van der Waals surface area contributed by atoms with Crippen LogP contribution in [0.3, 0.4) is 0 Å². The van der Waals surface area contributed by atoms with E-state index in [0.29, 0.717) is 6.42 Å². The van der Waals surface area contributed by atoms with Gasteiger partial charge in [0, 0.05) is 18.7 Å². The van der Waals surface area contributed by atoms with E-state index in [2.05, 4.69) is 42.7 Å². The van der Waals surface area contributed by atoms with Crippen molar-refractivity contribution in [2.45, 2.75) is 32.7 Å². The second kappa shape index (κ2) is 8.35. The maximum absolute atomic E-state index is 12.2. The number of rotatable bonds is 7. The Labute approximate surface area is 132 Å². The Morgan fingerprint density at radius 3 is 2.59 bits per heavy atom. The highest BCUT2D eigenvalue weighted by Crippen LogP contribution is 2.19. The largest absolute Gasteiger partial charge is 0.326 e. The molecular weight excluding hydrogens is 272 g/mol. The van der Waals surface area contributed by atoms with E-state index in [1.165, 1.54) is 11.1 Å². The molecule has 2 rings (SSSR count). The lowest BCUT2D eigenvalue weighted by Gasteiger charge is -2.12. The zero-order valence-electron chi connectivity index (χ0n) is 13.3. The van der Waals surface area contributed by atoms with Gasteiger partial charge in [0.1, 0.15) is 0 Å². The van der Waals surface area contributed by atoms with E-state index in [-0.39, 0.29) is 11.8 Å². The van der Waals surface area contributed by atoms with Crippen LogP contribution in [0.15, 0.2) is 54.6 Å². The third kappa shape index (κ3) is 5.01. The van der Waals surface area contributed by atoms with Crippen LogP contribution in [-0.4, -0.2) is 12.5 Å². The van der Waals surface area contributed by atoms with Crippen molar-refractivity contribution < 1.29 is 4.79 Å². The molecule has 0 radical (unpaired) electrons. The standard InChI is InChI=1S/C19H24N2O/c1-3-20-14-16-8-7-11-18(13-16)21-19(22)12-15(2)17-9-5-4-6-10-17/h4-11,13,15,20H,3,12,14H2,1-2H3,(H,21,22). The number of benzene rings is 2. The van der Waals surface area contributed by atoms with Gasteiger partial charge in [0.15, 0.2) is 0 Å². The van der Waals surface area contributed by atoms with Gasteiger partial charge >= 0.3 is 0 Å². The minimum atomic E-state index is 0.0527. The molecule has 116 valence electrons. The fourth-order valence-electron chi connectivity index (χ4n) is 2.42. The van der Waals surface area contributed by atoms with Crippen LogP contribution in [-0.2, 0) is 11.3 Å². The van der Waals surface area contributed by atoms with Crippen molar-refractivity contribution in [3.63, 3.8) is 0 Å². The average Bonchev–Trinajstić information content (AvgIpc) is 2.54. The number of carbonyl (C=O) groups is 1. The molecule has 0 aliphatic heterocycles. The second-order valence-electron chi connectivity index (χ2n) is 5.54. The van der Waals surface area contributed by atoms with Gasteiger partial charge in [-0.25, -0.2) is 0 Å². The summed E-state index contributed by atoms with van der Waals surface area (Å²) < 4.78 is 0. The summed E-state index contributed by atoms with van der Waals surface area (Å²) in [6.45, 7) is 5.92. The molecule has 0 fully saturated rings. The van der Waals surface area contributed by atoms with Gasteiger partial charge in [0.05, 0.1) is 0 Å². The smallest absolute Gasteiger partial charge is 0.224 e. The quantitative estimate of drug-likeness (QED) is 0.813. The van der Waals surface area contributed by atoms with E-state index in [9.17, 15) is 4.79 Å². The summed E-state index contributed by atoms with van der Waals surface area (Å²) in [5.41, 5.74) is 3.23. The van der Waals surface area contributed by atoms with Crippen molar-refractivity contribution in [1.82, 2.24) is 5.32 Å². The van der Waals surface area contributed by atoms with Crippen molar-refractivity contribution in [3.05, 3.63) is 65.7 Å². The fourth-order valence-corrected chi connectivity index (χ4v) is 2.42. The molecule has 0 bridgehead atoms. The molecule has 2 N–H and O–H groups in total. The fraction of sp³-hybridized carbons (Fsp3) is 0.316. The number of hydrogen-bond acceptors (Lipinski definition) is 2. The molecule has 1 amide bonds. The second-order valence-corrected chi connectivity index (χ2v) is 5.54. The lowest BCUT2D eigenvalue weighted by atomic mass is 9.97. The van der Waals surface area contributed by atoms with Crippen molar-refractivity contribution in [2.24, 2.45) is 0 Å². The minimum Gasteiger partial charge on any atom is -0.326 e. The molecule has 0 saturated heterocycles. The van der Waals surface area contributed by atoms with Crippen LogP contribution in [0.2, 0.25) is 0 Å². The van der Waals surface area contributed by atoms with Crippen LogP contribution in [0.4, 0.5) is 5.69 Å². The highest BCUT2D eigenvalue weighted by Gasteiger charge is 2.11. The summed E-state index contributed by atoms with van der Waals surface area (Å²) in [5.74, 6) is 0.267. The predicted molar refractivity (Wildman–Crippen MR) is 91.9 cm³/mol. The van der Waals surface area contributed by atoms with E-state index >= 15 is 0 Å². The summed E-state index contributed by atoms with van der Waals surface area (Å²) in [6.07, 6.45) is 0.488. The maximum atomic E-state index is 12.2. The summed E-state index contributed by atoms with van der Waals surface area (Å²) in [7, 11) is 0. The Balaban J connectivity index is 1.91. The van der Waals surface area contributed by atoms with Crippen molar-refractivity contribution in [1.29, 1.82) is 0 Å². The molecule has 0 aliphatic carbocycles. The van der Waals surface area contributed by atoms with Crippen molar-refractivity contribution >= 4 is 11.6 Å². The first-order valence-electron chi connectivity index (χ1n) is 7.83. The molecule has 0 aliphatic rings. The zero-order chi connectivity index (χ0) is 15.8. The lowest BCUT2D eigenvalue weighted by Crippen LogP contribution is -2.15. The molecule has 1 unspecified atom stereocenters. The molecule has 0 heterocycles. The Morgan fingerprint density at radius 2 is 1.86 bits per heavy atom. The average molecular weight is 296 g/mol. The first kappa shape index (κ1) is 16.2. The highest BCUT2D eigenvalue weighted by molar-refractivity contribution is 5.91. The van der Waals surface area contributed by atoms with Gasteiger partial charge in [-0.15, -0.1) is 0 Å². The monoisotopic (exact) mass is 296 g/mol. The van der Waals surface area contributed by atoms with Crippen LogP contribution in [0.25, 0.3) is 0 Å². The summed E-state index contributed by atoms with van der Waals surface area (Å²) >= 11 is 0. The number of carbonyl (C=O) groups excluding carboxylic acids is 1. The lowest BCUT2D eigenvalue weighted by molar-refractivity contribution is -0.116. The highest BCUT2D eigenvalue weighted by atomic mass is 16.1. The van der Waals surface area contributed by atoms with E-state index in [4.69, 9.17) is 0 Å². The van der Waals surface area contributed by atoms with E-state index < -0.39 is 0 Å². The third-order valence-electron chi connectivity index (χ3n) is 3.65. The molecule has 3 nitrogen and oxygen atoms in total. The zero-order valence-corrected chi connectivity index (χ0v) is 13.3. The van der Waals surface area contributed by atoms with E-state index in [1.54, 1.807) is 0 Å². The van der Waals surface area contributed by atoms with E-state index in [1.807, 2.05) is 36.4 Å². The number of nitrogens with one attached hydrogen (secondary N) is 2. The number of hydrogen-bond donors (Lipinski definition) is 2. The van der Waals surface area contributed by atoms with Crippen molar-refractivity contribution in [2.75, 3.05) is 11.9 Å². The number of amides is 1. The molecule has 2 aromatic rings. The topological polar surface area (TPSA) is 41.1 Å². The van der Waals surface area contributed by atoms with Gasteiger partial charge < -0.3 is 10.6 Å². The summed E-state index contributed by atoms with van der Waals surface area (Å²) in [6, 6.07) is 18.1. The molecule has 0 spiro atoms. The van der Waals surface area contributed by atoms with Gasteiger partial charge in [0.2, 0.25) is 5.91 Å². The van der Waals surface area contributed by atoms with Gasteiger partial charge in [0.25, 0.3) is 0 Å². The Morgan fingerprint density at radius 1 is 1.09 bits per heavy atom. The Bertz CT molecular complexity index is 595. The SMILES string of the molecule is CCNCc1cccc(NC(=O)CC(C)c2ccccc2)c1. The first-order valence-corrected chi connectivity index (χ1v) is 7.83. The predicted octanol–water partition coefficient (Wildman–Crippen LogP) is 3.93. The van der Waals surface area contributed by atoms with Crippen LogP contribution in [0.5, 0.6) is 0 Å². The maximum Gasteiger partial charge on any atom is 0.224 e. The molecule has 3 heteroatoms. The van der Waals surface area contributed by atoms with Gasteiger partial charge in [-0.05, 0) is 35.7 Å². The van der Waals surface area contributed by atoms with E-state index in [0.717, 1.165) is 18.8 Å². The third-order valence-corrected chi connectivity index (χ3v) is 3.65. The van der Waals surface area contributed by atoms with Crippen LogP contribution < -0.4 is 10.6 Å². The van der Waals surface area contributed by atoms with Crippen LogP contribution >= 0.6 is 0 Å². The van der Waals surface area contributed by atoms with Gasteiger partial charge in [-0.2, -0.15) is 0 Å². The Kier molecular flexibility index (Phi) is 6.16. The molecular formula is C19H24N2O. The summed E-state index contributed by atoms with van der Waals surface area (Å²) in [4.78, 5) is 12.2. The Hall–Kier alpha value is -2.13. The first-order chi connectivity index (χ1) is 10.7. The number of anilines is 1. The molecule has 0 saturated carbocycles. The minimum absolute atomic E-state index is 0.0527. The van der Waals surface area contributed by atoms with Crippen molar-refractivity contribution in [3.8, 4) is 0 Å². The normalized spacial score (nSPS) is 11.9. The molecule has 1 atom stereocenters. The molecule has 22 heavy (non-hydrogen) atoms. The van der Waals surface area contributed by atoms with Gasteiger partial charge in [-0.1, -0.05) is 56.3 Å². The molecule has 0 aromatic heterocycles. The van der Waals surface area contributed by atoms with Crippen LogP contribution in [0.1, 0.15) is 37.3 Å². The van der Waals surface area contributed by atoms with Crippen LogP contribution in [0, 0.1) is 0 Å².